The Balaban J connectivity index is 2.29. The first-order chi connectivity index (χ1) is 15.2. The number of amides is 1. The van der Waals surface area contributed by atoms with Crippen molar-refractivity contribution >= 4 is 18.0 Å². The predicted molar refractivity (Wildman–Crippen MR) is 117 cm³/mol. The molecule has 0 saturated carbocycles. The highest BCUT2D eigenvalue weighted by atomic mass is 16.6. The summed E-state index contributed by atoms with van der Waals surface area (Å²) in [6, 6.07) is 7.49. The summed E-state index contributed by atoms with van der Waals surface area (Å²) in [4.78, 5) is 35.2. The Kier molecular flexibility index (Phi) is 9.21. The van der Waals surface area contributed by atoms with Gasteiger partial charge in [-0.3, -0.25) is 4.79 Å². The molecule has 0 radical (unpaired) electrons. The summed E-state index contributed by atoms with van der Waals surface area (Å²) in [7, 11) is 0. The fraction of sp³-hybridized carbons (Fsp3) is 0.455. The predicted octanol–water partition coefficient (Wildman–Crippen LogP) is 2.30. The van der Waals surface area contributed by atoms with Gasteiger partial charge in [0.05, 0.1) is 31.1 Å². The van der Waals surface area contributed by atoms with Crippen LogP contribution in [0.5, 0.6) is 0 Å². The Morgan fingerprint density at radius 2 is 1.97 bits per heavy atom. The lowest BCUT2D eigenvalue weighted by Gasteiger charge is -2.24. The van der Waals surface area contributed by atoms with Crippen LogP contribution in [0.3, 0.4) is 0 Å². The number of hydrogen-bond acceptors (Lipinski definition) is 7. The van der Waals surface area contributed by atoms with Gasteiger partial charge in [-0.2, -0.15) is 0 Å². The van der Waals surface area contributed by atoms with Gasteiger partial charge in [-0.1, -0.05) is 30.3 Å². The molecule has 2 rings (SSSR count). The number of carbonyl (C=O) groups is 2. The molecule has 2 aromatic rings. The standard InChI is InChI=1S/C22H30N4O6/c1-22(2,3)32-21(30)26-18(10-19(28)29)20(31-13-15-7-5-4-6-8-15)25-17(12-27)9-16-11-23-14-24-16/h4-8,11,14,17-18,27H,9-10,12-13H2,1-3H3,(H,23,24)(H,26,30)(H,28,29)/t17-,18+/m0/s1. The van der Waals surface area contributed by atoms with Crippen molar-refractivity contribution in [2.75, 3.05) is 6.61 Å². The molecule has 174 valence electrons. The van der Waals surface area contributed by atoms with E-state index in [-0.39, 0.29) is 19.1 Å². The van der Waals surface area contributed by atoms with Gasteiger partial charge in [0.1, 0.15) is 18.2 Å². The summed E-state index contributed by atoms with van der Waals surface area (Å²) in [6.45, 7) is 4.88. The van der Waals surface area contributed by atoms with E-state index in [9.17, 15) is 19.8 Å². The monoisotopic (exact) mass is 446 g/mol. The maximum atomic E-state index is 12.3. The van der Waals surface area contributed by atoms with Gasteiger partial charge in [0.25, 0.3) is 0 Å². The Morgan fingerprint density at radius 1 is 1.25 bits per heavy atom. The molecule has 0 aliphatic rings. The lowest BCUT2D eigenvalue weighted by molar-refractivity contribution is -0.137. The Morgan fingerprint density at radius 3 is 2.53 bits per heavy atom. The second kappa shape index (κ2) is 11.8. The Bertz CT molecular complexity index is 878. The number of nitrogens with one attached hydrogen (secondary N) is 2. The first-order valence-corrected chi connectivity index (χ1v) is 10.2. The molecule has 4 N–H and O–H groups in total. The number of benzene rings is 1. The van der Waals surface area contributed by atoms with Gasteiger partial charge in [0, 0.05) is 12.6 Å². The number of carbonyl (C=O) groups excluding carboxylic acids is 1. The molecule has 1 aromatic carbocycles. The molecule has 0 spiro atoms. The van der Waals surface area contributed by atoms with E-state index >= 15 is 0 Å². The van der Waals surface area contributed by atoms with Gasteiger partial charge < -0.3 is 30.0 Å². The van der Waals surface area contributed by atoms with Crippen LogP contribution in [0.15, 0.2) is 47.8 Å². The van der Waals surface area contributed by atoms with Crippen LogP contribution in [0.25, 0.3) is 0 Å². The Hall–Kier alpha value is -3.40. The number of carboxylic acid groups (broad SMARTS) is 1. The molecule has 0 aliphatic carbocycles. The number of ether oxygens (including phenoxy) is 2. The zero-order valence-electron chi connectivity index (χ0n) is 18.4. The van der Waals surface area contributed by atoms with E-state index < -0.39 is 36.2 Å². The molecule has 10 heteroatoms. The second-order valence-corrected chi connectivity index (χ2v) is 8.14. The second-order valence-electron chi connectivity index (χ2n) is 8.14. The number of aromatic amines is 1. The summed E-state index contributed by atoms with van der Waals surface area (Å²) in [5.41, 5.74) is 0.734. The highest BCUT2D eigenvalue weighted by molar-refractivity contribution is 5.89. The fourth-order valence-corrected chi connectivity index (χ4v) is 2.76. The quantitative estimate of drug-likeness (QED) is 0.323. The summed E-state index contributed by atoms with van der Waals surface area (Å²) in [5, 5.41) is 21.8. The number of imidazole rings is 1. The zero-order chi connectivity index (χ0) is 23.6. The van der Waals surface area contributed by atoms with Crippen molar-refractivity contribution in [2.45, 2.75) is 57.9 Å². The minimum Gasteiger partial charge on any atom is -0.481 e. The van der Waals surface area contributed by atoms with Crippen LogP contribution in [0, 0.1) is 0 Å². The lowest BCUT2D eigenvalue weighted by Crippen LogP contribution is -2.46. The third-order valence-electron chi connectivity index (χ3n) is 4.12. The summed E-state index contributed by atoms with van der Waals surface area (Å²) in [5.74, 6) is -1.17. The van der Waals surface area contributed by atoms with Crippen molar-refractivity contribution in [2.24, 2.45) is 4.99 Å². The van der Waals surface area contributed by atoms with Crippen molar-refractivity contribution in [3.8, 4) is 0 Å². The zero-order valence-corrected chi connectivity index (χ0v) is 18.4. The number of aliphatic carboxylic acids is 1. The van der Waals surface area contributed by atoms with Gasteiger partial charge in [-0.15, -0.1) is 0 Å². The van der Waals surface area contributed by atoms with Crippen molar-refractivity contribution in [3.05, 3.63) is 54.1 Å². The molecule has 0 fully saturated rings. The van der Waals surface area contributed by atoms with Crippen LogP contribution in [0.4, 0.5) is 4.79 Å². The van der Waals surface area contributed by atoms with Crippen molar-refractivity contribution in [3.63, 3.8) is 0 Å². The first-order valence-electron chi connectivity index (χ1n) is 10.2. The molecule has 0 unspecified atom stereocenters. The number of carboxylic acids is 1. The Labute approximate surface area is 186 Å². The largest absolute Gasteiger partial charge is 0.481 e. The average Bonchev–Trinajstić information content (AvgIpc) is 3.22. The fourth-order valence-electron chi connectivity index (χ4n) is 2.76. The molecule has 1 amide bonds. The molecule has 0 saturated heterocycles. The summed E-state index contributed by atoms with van der Waals surface area (Å²) < 4.78 is 11.1. The van der Waals surface area contributed by atoms with Crippen LogP contribution in [-0.2, 0) is 27.3 Å². The van der Waals surface area contributed by atoms with E-state index in [0.29, 0.717) is 12.1 Å². The number of aliphatic imine (C=N–C) groups is 1. The number of aliphatic hydroxyl groups excluding tert-OH is 1. The molecular weight excluding hydrogens is 416 g/mol. The van der Waals surface area contributed by atoms with Crippen LogP contribution >= 0.6 is 0 Å². The maximum absolute atomic E-state index is 12.3. The minimum atomic E-state index is -1.16. The number of rotatable bonds is 10. The van der Waals surface area contributed by atoms with E-state index in [1.54, 1.807) is 27.0 Å². The van der Waals surface area contributed by atoms with Crippen LogP contribution in [0.2, 0.25) is 0 Å². The van der Waals surface area contributed by atoms with Gasteiger partial charge in [-0.05, 0) is 26.3 Å². The number of alkyl carbamates (subject to hydrolysis) is 1. The van der Waals surface area contributed by atoms with Crippen molar-refractivity contribution in [1.82, 2.24) is 15.3 Å². The highest BCUT2D eigenvalue weighted by Gasteiger charge is 2.27. The van der Waals surface area contributed by atoms with E-state index in [4.69, 9.17) is 9.47 Å². The SMILES string of the molecule is CC(C)(C)OC(=O)N[C@H](CC(=O)O)C(=N[C@H](CO)Cc1c[nH]cn1)OCc1ccccc1. The van der Waals surface area contributed by atoms with E-state index in [1.165, 1.54) is 6.33 Å². The molecule has 2 atom stereocenters. The van der Waals surface area contributed by atoms with E-state index in [2.05, 4.69) is 20.3 Å². The number of hydrogen-bond donors (Lipinski definition) is 4. The number of H-pyrrole nitrogens is 1. The topological polar surface area (TPSA) is 146 Å². The minimum absolute atomic E-state index is 0.0169. The number of nitrogens with zero attached hydrogens (tertiary/aromatic N) is 2. The third kappa shape index (κ3) is 9.17. The molecule has 0 bridgehead atoms. The maximum Gasteiger partial charge on any atom is 0.408 e. The van der Waals surface area contributed by atoms with Crippen LogP contribution in [0.1, 0.15) is 38.4 Å². The van der Waals surface area contributed by atoms with Crippen molar-refractivity contribution in [1.29, 1.82) is 0 Å². The highest BCUT2D eigenvalue weighted by Crippen LogP contribution is 2.12. The third-order valence-corrected chi connectivity index (χ3v) is 4.12. The summed E-state index contributed by atoms with van der Waals surface area (Å²) >= 11 is 0. The molecule has 32 heavy (non-hydrogen) atoms. The smallest absolute Gasteiger partial charge is 0.408 e. The van der Waals surface area contributed by atoms with E-state index in [0.717, 1.165) is 5.56 Å². The normalized spacial score (nSPS) is 13.8. The molecule has 10 nitrogen and oxygen atoms in total. The average molecular weight is 447 g/mol. The van der Waals surface area contributed by atoms with Gasteiger partial charge in [-0.25, -0.2) is 14.8 Å². The van der Waals surface area contributed by atoms with Crippen LogP contribution in [-0.4, -0.2) is 62.4 Å². The van der Waals surface area contributed by atoms with Crippen LogP contribution < -0.4 is 5.32 Å². The number of aliphatic hydroxyl groups is 1. The molecule has 1 heterocycles. The number of aromatic nitrogens is 2. The molecule has 1 aromatic heterocycles. The first kappa shape index (κ1) is 24.9. The molecule has 0 aliphatic heterocycles. The van der Waals surface area contributed by atoms with E-state index in [1.807, 2.05) is 30.3 Å². The summed E-state index contributed by atoms with van der Waals surface area (Å²) in [6.07, 6.45) is 2.21. The van der Waals surface area contributed by atoms with Crippen molar-refractivity contribution < 1.29 is 29.3 Å². The lowest BCUT2D eigenvalue weighted by atomic mass is 10.1. The van der Waals surface area contributed by atoms with Gasteiger partial charge in [0.15, 0.2) is 0 Å². The molecular formula is C22H30N4O6. The van der Waals surface area contributed by atoms with Gasteiger partial charge >= 0.3 is 12.1 Å². The van der Waals surface area contributed by atoms with Gasteiger partial charge in [0.2, 0.25) is 5.90 Å².